The first kappa shape index (κ1) is 30.6. The van der Waals surface area contributed by atoms with Gasteiger partial charge in [0.25, 0.3) is 0 Å². The van der Waals surface area contributed by atoms with Gasteiger partial charge >= 0.3 is 0 Å². The monoisotopic (exact) mass is 726 g/mol. The van der Waals surface area contributed by atoms with Gasteiger partial charge in [-0.15, -0.1) is 0 Å². The summed E-state index contributed by atoms with van der Waals surface area (Å²) >= 11 is 0. The number of ether oxygens (including phenoxy) is 1. The summed E-state index contributed by atoms with van der Waals surface area (Å²) in [4.78, 5) is 10.6. The highest BCUT2D eigenvalue weighted by Gasteiger charge is 2.25. The molecule has 0 aliphatic carbocycles. The molecule has 0 fully saturated rings. The Balaban J connectivity index is 1.04. The third-order valence-corrected chi connectivity index (χ3v) is 11.9. The smallest absolute Gasteiger partial charge is 0.235 e. The van der Waals surface area contributed by atoms with Crippen molar-refractivity contribution in [3.05, 3.63) is 182 Å². The van der Waals surface area contributed by atoms with Gasteiger partial charge in [0, 0.05) is 32.8 Å². The second-order valence-electron chi connectivity index (χ2n) is 15.0. The summed E-state index contributed by atoms with van der Waals surface area (Å²) in [5.74, 6) is 2.22. The summed E-state index contributed by atoms with van der Waals surface area (Å²) in [6.07, 6.45) is 0. The highest BCUT2D eigenvalue weighted by molar-refractivity contribution is 6.15. The highest BCUT2D eigenvalue weighted by Crippen LogP contribution is 2.46. The van der Waals surface area contributed by atoms with Crippen LogP contribution in [0.2, 0.25) is 0 Å². The average Bonchev–Trinajstić information content (AvgIpc) is 3.77. The van der Waals surface area contributed by atoms with Crippen LogP contribution in [0.15, 0.2) is 182 Å². The van der Waals surface area contributed by atoms with Crippen molar-refractivity contribution in [1.29, 1.82) is 0 Å². The number of benzene rings is 9. The molecular weight excluding hydrogens is 697 g/mol. The van der Waals surface area contributed by atoms with Crippen molar-refractivity contribution in [2.75, 3.05) is 0 Å². The highest BCUT2D eigenvalue weighted by atomic mass is 16.5. The molecular formula is C52H30N4O. The van der Waals surface area contributed by atoms with Crippen LogP contribution in [-0.4, -0.2) is 19.1 Å². The topological polar surface area (TPSA) is 44.9 Å². The second kappa shape index (κ2) is 11.4. The van der Waals surface area contributed by atoms with Gasteiger partial charge in [-0.1, -0.05) is 103 Å². The summed E-state index contributed by atoms with van der Waals surface area (Å²) in [5.41, 5.74) is 10.7. The Morgan fingerprint density at radius 3 is 1.86 bits per heavy atom. The molecule has 0 N–H and O–H groups in total. The van der Waals surface area contributed by atoms with Crippen LogP contribution in [0.4, 0.5) is 0 Å². The molecule has 0 spiro atoms. The number of aromatic nitrogens is 4. The van der Waals surface area contributed by atoms with Crippen molar-refractivity contribution in [3.63, 3.8) is 0 Å². The van der Waals surface area contributed by atoms with Gasteiger partial charge < -0.3 is 9.30 Å². The van der Waals surface area contributed by atoms with Gasteiger partial charge in [0.15, 0.2) is 0 Å². The lowest BCUT2D eigenvalue weighted by Crippen LogP contribution is -2.06. The van der Waals surface area contributed by atoms with Crippen molar-refractivity contribution in [1.82, 2.24) is 19.1 Å². The number of hydrogen-bond acceptors (Lipinski definition) is 3. The maximum atomic E-state index is 6.33. The Morgan fingerprint density at radius 1 is 0.386 bits per heavy atom. The summed E-state index contributed by atoms with van der Waals surface area (Å²) < 4.78 is 11.0. The molecule has 5 heteroatoms. The molecule has 0 saturated carbocycles. The Labute approximate surface area is 326 Å². The lowest BCUT2D eigenvalue weighted by molar-refractivity contribution is 0.486. The quantitative estimate of drug-likeness (QED) is 0.182. The number of nitrogens with zero attached hydrogens (tertiary/aromatic N) is 4. The molecule has 57 heavy (non-hydrogen) atoms. The maximum Gasteiger partial charge on any atom is 0.235 e. The van der Waals surface area contributed by atoms with E-state index in [1.807, 2.05) is 30.3 Å². The Bertz CT molecular complexity index is 3690. The van der Waals surface area contributed by atoms with Crippen LogP contribution in [0.3, 0.4) is 0 Å². The summed E-state index contributed by atoms with van der Waals surface area (Å²) in [6.45, 7) is 0. The van der Waals surface area contributed by atoms with Gasteiger partial charge in [0.2, 0.25) is 5.95 Å². The van der Waals surface area contributed by atoms with Crippen molar-refractivity contribution in [2.45, 2.75) is 0 Å². The van der Waals surface area contributed by atoms with E-state index in [0.29, 0.717) is 5.95 Å². The fraction of sp³-hybridized carbons (Fsp3) is 0. The van der Waals surface area contributed by atoms with Gasteiger partial charge in [-0.2, -0.15) is 0 Å². The van der Waals surface area contributed by atoms with Gasteiger partial charge in [-0.25, -0.2) is 9.97 Å². The van der Waals surface area contributed by atoms with Gasteiger partial charge in [-0.3, -0.25) is 4.57 Å². The van der Waals surface area contributed by atoms with Crippen molar-refractivity contribution in [2.24, 2.45) is 0 Å². The molecule has 264 valence electrons. The van der Waals surface area contributed by atoms with E-state index in [9.17, 15) is 0 Å². The minimum Gasteiger partial charge on any atom is -0.456 e. The predicted octanol–water partition coefficient (Wildman–Crippen LogP) is 13.6. The molecule has 5 nitrogen and oxygen atoms in total. The van der Waals surface area contributed by atoms with E-state index in [2.05, 4.69) is 161 Å². The zero-order valence-corrected chi connectivity index (χ0v) is 30.5. The molecule has 0 atom stereocenters. The summed E-state index contributed by atoms with van der Waals surface area (Å²) in [5, 5.41) is 10.6. The fourth-order valence-electron chi connectivity index (χ4n) is 9.24. The van der Waals surface area contributed by atoms with Crippen LogP contribution in [0.25, 0.3) is 110 Å². The predicted molar refractivity (Wildman–Crippen MR) is 234 cm³/mol. The van der Waals surface area contributed by atoms with Crippen LogP contribution >= 0.6 is 0 Å². The molecule has 0 saturated heterocycles. The van der Waals surface area contributed by atoms with Crippen molar-refractivity contribution >= 4 is 76.1 Å². The molecule has 0 amide bonds. The second-order valence-corrected chi connectivity index (χ2v) is 15.0. The lowest BCUT2D eigenvalue weighted by Gasteiger charge is -2.21. The zero-order valence-electron chi connectivity index (χ0n) is 30.5. The van der Waals surface area contributed by atoms with Crippen molar-refractivity contribution in [3.8, 4) is 45.5 Å². The molecule has 0 unspecified atom stereocenters. The summed E-state index contributed by atoms with van der Waals surface area (Å²) in [7, 11) is 0. The molecule has 13 rings (SSSR count). The zero-order chi connectivity index (χ0) is 37.2. The number of hydrogen-bond donors (Lipinski definition) is 0. The Morgan fingerprint density at radius 2 is 1.02 bits per heavy atom. The summed E-state index contributed by atoms with van der Waals surface area (Å²) in [6, 6.07) is 65.1. The average molecular weight is 727 g/mol. The molecule has 12 aromatic rings. The first-order valence-electron chi connectivity index (χ1n) is 19.3. The number of rotatable bonds is 3. The fourth-order valence-corrected chi connectivity index (χ4v) is 9.24. The van der Waals surface area contributed by atoms with E-state index >= 15 is 0 Å². The third kappa shape index (κ3) is 4.39. The van der Waals surface area contributed by atoms with Crippen LogP contribution in [-0.2, 0) is 0 Å². The third-order valence-electron chi connectivity index (χ3n) is 11.9. The molecule has 0 radical (unpaired) electrons. The number of fused-ring (bicyclic) bond motifs is 10. The van der Waals surface area contributed by atoms with Crippen LogP contribution in [0.1, 0.15) is 0 Å². The van der Waals surface area contributed by atoms with E-state index in [-0.39, 0.29) is 0 Å². The molecule has 9 aromatic carbocycles. The van der Waals surface area contributed by atoms with Gasteiger partial charge in [-0.05, 0) is 112 Å². The van der Waals surface area contributed by atoms with E-state index in [0.717, 1.165) is 66.7 Å². The normalized spacial score (nSPS) is 12.4. The largest absolute Gasteiger partial charge is 0.456 e. The van der Waals surface area contributed by atoms with E-state index in [1.165, 1.54) is 48.9 Å². The minimum absolute atomic E-state index is 0.636. The van der Waals surface area contributed by atoms with E-state index in [4.69, 9.17) is 14.7 Å². The first-order chi connectivity index (χ1) is 28.2. The number of para-hydroxylation sites is 2. The SMILES string of the molecule is c1ccc2c(c1)Oc1cccc3nc(-n4c5ccc(-c6ccc7c(c6)c6ccccc6n7-c6ccc7ccccc7c6)cc5c5cc6ccccc6cc54)nc-2c13. The van der Waals surface area contributed by atoms with Crippen LogP contribution < -0.4 is 4.74 Å². The van der Waals surface area contributed by atoms with E-state index < -0.39 is 0 Å². The molecule has 1 aliphatic rings. The maximum absolute atomic E-state index is 6.33. The Hall–Kier alpha value is -7.76. The lowest BCUT2D eigenvalue weighted by atomic mass is 10.00. The molecule has 1 aliphatic heterocycles. The van der Waals surface area contributed by atoms with Crippen LogP contribution in [0, 0.1) is 0 Å². The standard InChI is InChI=1S/C52H30N4O/c1-2-11-32-26-37(23-20-31(32)10-1)55-44-17-7-5-14-38(44)40-28-35(21-24-45(40)55)36-22-25-46-41(29-36)42-27-33-12-3-4-13-34(33)30-47(42)56(46)52-53-43-16-9-19-49-50(43)51(54-52)39-15-6-8-18-48(39)57-49/h1-30H. The molecule has 0 bridgehead atoms. The first-order valence-corrected chi connectivity index (χ1v) is 19.3. The van der Waals surface area contributed by atoms with Crippen LogP contribution in [0.5, 0.6) is 11.5 Å². The van der Waals surface area contributed by atoms with Gasteiger partial charge in [0.1, 0.15) is 11.5 Å². The molecule has 4 heterocycles. The van der Waals surface area contributed by atoms with E-state index in [1.54, 1.807) is 0 Å². The van der Waals surface area contributed by atoms with Crippen molar-refractivity contribution < 1.29 is 4.74 Å². The molecule has 3 aromatic heterocycles. The Kier molecular flexibility index (Phi) is 6.10. The minimum atomic E-state index is 0.636. The van der Waals surface area contributed by atoms with Gasteiger partial charge in [0.05, 0.1) is 38.7 Å².